The molecule has 0 spiro atoms. The fourth-order valence-electron chi connectivity index (χ4n) is 2.44. The van der Waals surface area contributed by atoms with Crippen molar-refractivity contribution in [1.82, 2.24) is 19.5 Å². The van der Waals surface area contributed by atoms with E-state index in [9.17, 15) is 4.79 Å². The lowest BCUT2D eigenvalue weighted by molar-refractivity contribution is 0.610. The zero-order chi connectivity index (χ0) is 15.4. The second-order valence-corrected chi connectivity index (χ2v) is 5.25. The van der Waals surface area contributed by atoms with E-state index in [2.05, 4.69) is 21.9 Å². The Kier molecular flexibility index (Phi) is 4.23. The molecule has 0 N–H and O–H groups in total. The Hall–Kier alpha value is -2.56. The van der Waals surface area contributed by atoms with E-state index in [0.717, 1.165) is 31.4 Å². The first-order chi connectivity index (χ1) is 10.8. The second-order valence-electron chi connectivity index (χ2n) is 5.25. The largest absolute Gasteiger partial charge is 0.332 e. The van der Waals surface area contributed by atoms with Crippen LogP contribution in [0.1, 0.15) is 26.2 Å². The van der Waals surface area contributed by atoms with Crippen LogP contribution in [0.3, 0.4) is 0 Å². The first-order valence-corrected chi connectivity index (χ1v) is 7.56. The minimum Gasteiger partial charge on any atom is -0.332 e. The fraction of sp³-hybridized carbons (Fsp3) is 0.294. The Balaban J connectivity index is 2.08. The zero-order valence-corrected chi connectivity index (χ0v) is 12.6. The molecular formula is C17H18N4O. The molecule has 3 aromatic rings. The van der Waals surface area contributed by atoms with Gasteiger partial charge in [-0.05, 0) is 18.6 Å². The Morgan fingerprint density at radius 1 is 1.14 bits per heavy atom. The second kappa shape index (κ2) is 6.47. The molecule has 0 aliphatic heterocycles. The number of aromatic nitrogens is 4. The van der Waals surface area contributed by atoms with Crippen molar-refractivity contribution in [2.75, 3.05) is 0 Å². The van der Waals surface area contributed by atoms with Gasteiger partial charge in [0.15, 0.2) is 11.3 Å². The molecule has 5 heteroatoms. The molecule has 0 saturated carbocycles. The minimum atomic E-state index is -0.0389. The highest BCUT2D eigenvalue weighted by Crippen LogP contribution is 2.16. The van der Waals surface area contributed by atoms with Gasteiger partial charge in [-0.2, -0.15) is 0 Å². The summed E-state index contributed by atoms with van der Waals surface area (Å²) >= 11 is 0. The third-order valence-corrected chi connectivity index (χ3v) is 3.65. The van der Waals surface area contributed by atoms with Crippen LogP contribution in [-0.4, -0.2) is 19.5 Å². The van der Waals surface area contributed by atoms with E-state index in [0.29, 0.717) is 16.9 Å². The van der Waals surface area contributed by atoms with Crippen molar-refractivity contribution in [3.05, 3.63) is 53.2 Å². The first kappa shape index (κ1) is 14.4. The topological polar surface area (TPSA) is 60.7 Å². The van der Waals surface area contributed by atoms with Crippen molar-refractivity contribution in [1.29, 1.82) is 0 Å². The number of hydrogen-bond donors (Lipinski definition) is 0. The highest BCUT2D eigenvalue weighted by Gasteiger charge is 2.08. The van der Waals surface area contributed by atoms with Gasteiger partial charge in [0.05, 0.1) is 5.39 Å². The van der Waals surface area contributed by atoms with Gasteiger partial charge < -0.3 is 4.57 Å². The first-order valence-electron chi connectivity index (χ1n) is 7.56. The molecule has 0 fully saturated rings. The van der Waals surface area contributed by atoms with Crippen molar-refractivity contribution >= 4 is 11.0 Å². The summed E-state index contributed by atoms with van der Waals surface area (Å²) in [5, 5.41) is 0.566. The quantitative estimate of drug-likeness (QED) is 0.679. The van der Waals surface area contributed by atoms with Crippen LogP contribution in [0, 0.1) is 0 Å². The summed E-state index contributed by atoms with van der Waals surface area (Å²) in [6.45, 7) is 3.03. The third kappa shape index (κ3) is 2.88. The molecule has 0 unspecified atom stereocenters. The van der Waals surface area contributed by atoms with Crippen LogP contribution in [-0.2, 0) is 6.54 Å². The van der Waals surface area contributed by atoms with Crippen molar-refractivity contribution in [2.24, 2.45) is 0 Å². The number of hydrogen-bond acceptors (Lipinski definition) is 4. The molecule has 3 heterocycles. The van der Waals surface area contributed by atoms with E-state index in [-0.39, 0.29) is 5.43 Å². The van der Waals surface area contributed by atoms with E-state index in [1.165, 1.54) is 0 Å². The lowest BCUT2D eigenvalue weighted by Gasteiger charge is -2.10. The molecule has 0 bridgehead atoms. The lowest BCUT2D eigenvalue weighted by atomic mass is 10.2. The van der Waals surface area contributed by atoms with Crippen molar-refractivity contribution in [3.8, 4) is 11.4 Å². The number of fused-ring (bicyclic) bond motifs is 1. The molecule has 0 amide bonds. The minimum absolute atomic E-state index is 0.0389. The Bertz CT molecular complexity index is 827. The van der Waals surface area contributed by atoms with Gasteiger partial charge >= 0.3 is 0 Å². The number of rotatable bonds is 5. The zero-order valence-electron chi connectivity index (χ0n) is 12.6. The molecule has 5 nitrogen and oxygen atoms in total. The summed E-state index contributed by atoms with van der Waals surface area (Å²) in [6, 6.07) is 5.32. The molecule has 0 aliphatic rings. The number of pyridine rings is 2. The monoisotopic (exact) mass is 294 g/mol. The van der Waals surface area contributed by atoms with Crippen LogP contribution in [0.5, 0.6) is 0 Å². The van der Waals surface area contributed by atoms with E-state index < -0.39 is 0 Å². The smallest absolute Gasteiger partial charge is 0.192 e. The van der Waals surface area contributed by atoms with Crippen molar-refractivity contribution in [2.45, 2.75) is 32.7 Å². The molecule has 3 rings (SSSR count). The van der Waals surface area contributed by atoms with Gasteiger partial charge in [-0.15, -0.1) is 0 Å². The summed E-state index contributed by atoms with van der Waals surface area (Å²) in [6.07, 6.45) is 10.3. The summed E-state index contributed by atoms with van der Waals surface area (Å²) in [7, 11) is 0. The van der Waals surface area contributed by atoms with Gasteiger partial charge in [-0.25, -0.2) is 9.97 Å². The van der Waals surface area contributed by atoms with Crippen LogP contribution < -0.4 is 5.43 Å². The van der Waals surface area contributed by atoms with Gasteiger partial charge in [-0.1, -0.05) is 19.8 Å². The van der Waals surface area contributed by atoms with Crippen LogP contribution in [0.25, 0.3) is 22.4 Å². The standard InChI is InChI=1S/C17H18N4O/c1-2-3-4-10-21-11-7-15(22)14-12-19-16(20-17(14)21)13-5-8-18-9-6-13/h5-9,11-12H,2-4,10H2,1H3. The van der Waals surface area contributed by atoms with E-state index >= 15 is 0 Å². The van der Waals surface area contributed by atoms with Gasteiger partial charge in [0.1, 0.15) is 5.65 Å². The maximum Gasteiger partial charge on any atom is 0.192 e. The lowest BCUT2D eigenvalue weighted by Crippen LogP contribution is -2.11. The number of aryl methyl sites for hydroxylation is 1. The van der Waals surface area contributed by atoms with E-state index in [1.54, 1.807) is 24.7 Å². The van der Waals surface area contributed by atoms with Gasteiger partial charge in [-0.3, -0.25) is 9.78 Å². The highest BCUT2D eigenvalue weighted by atomic mass is 16.1. The predicted octanol–water partition coefficient (Wildman–Crippen LogP) is 3.04. The fourth-order valence-corrected chi connectivity index (χ4v) is 2.44. The Morgan fingerprint density at radius 3 is 2.73 bits per heavy atom. The van der Waals surface area contributed by atoms with Crippen LogP contribution >= 0.6 is 0 Å². The molecule has 3 aromatic heterocycles. The molecule has 0 radical (unpaired) electrons. The van der Waals surface area contributed by atoms with E-state index in [4.69, 9.17) is 0 Å². The summed E-state index contributed by atoms with van der Waals surface area (Å²) in [5.74, 6) is 0.616. The van der Waals surface area contributed by atoms with E-state index in [1.807, 2.05) is 22.9 Å². The molecule has 0 aliphatic carbocycles. The summed E-state index contributed by atoms with van der Waals surface area (Å²) < 4.78 is 2.04. The Morgan fingerprint density at radius 2 is 1.95 bits per heavy atom. The highest BCUT2D eigenvalue weighted by molar-refractivity contribution is 5.76. The van der Waals surface area contributed by atoms with Crippen molar-refractivity contribution in [3.63, 3.8) is 0 Å². The normalized spacial score (nSPS) is 11.0. The molecule has 22 heavy (non-hydrogen) atoms. The molecule has 112 valence electrons. The van der Waals surface area contributed by atoms with Crippen LogP contribution in [0.15, 0.2) is 47.8 Å². The average Bonchev–Trinajstić information content (AvgIpc) is 2.58. The van der Waals surface area contributed by atoms with Gasteiger partial charge in [0.2, 0.25) is 0 Å². The molecular weight excluding hydrogens is 276 g/mol. The van der Waals surface area contributed by atoms with Crippen LogP contribution in [0.2, 0.25) is 0 Å². The SMILES string of the molecule is CCCCCn1ccc(=O)c2cnc(-c3ccncc3)nc21. The molecule has 0 aromatic carbocycles. The number of unbranched alkanes of at least 4 members (excludes halogenated alkanes) is 2. The van der Waals surface area contributed by atoms with Crippen molar-refractivity contribution < 1.29 is 0 Å². The summed E-state index contributed by atoms with van der Waals surface area (Å²) in [4.78, 5) is 24.9. The maximum absolute atomic E-state index is 12.0. The van der Waals surface area contributed by atoms with Gasteiger partial charge in [0, 0.05) is 43.0 Å². The number of nitrogens with zero attached hydrogens (tertiary/aromatic N) is 4. The van der Waals surface area contributed by atoms with Gasteiger partial charge in [0.25, 0.3) is 0 Å². The maximum atomic E-state index is 12.0. The molecule has 0 atom stereocenters. The molecule has 0 saturated heterocycles. The third-order valence-electron chi connectivity index (χ3n) is 3.65. The summed E-state index contributed by atoms with van der Waals surface area (Å²) in [5.41, 5.74) is 1.56. The average molecular weight is 294 g/mol. The van der Waals surface area contributed by atoms with Crippen LogP contribution in [0.4, 0.5) is 0 Å². The predicted molar refractivity (Wildman–Crippen MR) is 86.6 cm³/mol. The Labute approximate surface area is 128 Å².